The quantitative estimate of drug-likeness (QED) is 0.587. The molecule has 3 rings (SSSR count). The summed E-state index contributed by atoms with van der Waals surface area (Å²) in [5, 5.41) is 9.89. The molecule has 0 aromatic rings. The Balaban J connectivity index is 1.74. The van der Waals surface area contributed by atoms with E-state index >= 15 is 0 Å². The molecule has 5 nitrogen and oxygen atoms in total. The van der Waals surface area contributed by atoms with E-state index in [0.717, 1.165) is 0 Å². The molecule has 0 aliphatic carbocycles. The molecular weight excluding hydrogens is 188 g/mol. The highest BCUT2D eigenvalue weighted by atomic mass is 16.8. The highest BCUT2D eigenvalue weighted by Crippen LogP contribution is 2.40. The van der Waals surface area contributed by atoms with Crippen LogP contribution in [0.25, 0.3) is 0 Å². The first-order valence-corrected chi connectivity index (χ1v) is 4.88. The lowest BCUT2D eigenvalue weighted by atomic mass is 10.1. The van der Waals surface area contributed by atoms with Gasteiger partial charge in [0.05, 0.1) is 6.61 Å². The van der Waals surface area contributed by atoms with E-state index in [0.29, 0.717) is 6.61 Å². The highest BCUT2D eigenvalue weighted by Gasteiger charge is 2.58. The Kier molecular flexibility index (Phi) is 1.73. The van der Waals surface area contributed by atoms with Gasteiger partial charge in [-0.3, -0.25) is 0 Å². The fraction of sp³-hybridized carbons (Fsp3) is 1.00. The summed E-state index contributed by atoms with van der Waals surface area (Å²) in [7, 11) is 0. The molecule has 3 fully saturated rings. The number of hydrogen-bond donors (Lipinski definition) is 1. The minimum atomic E-state index is -0.661. The van der Waals surface area contributed by atoms with E-state index < -0.39 is 18.2 Å². The molecule has 0 aromatic heterocycles. The zero-order valence-corrected chi connectivity index (χ0v) is 8.17. The molecule has 0 amide bonds. The van der Waals surface area contributed by atoms with Gasteiger partial charge in [-0.25, -0.2) is 0 Å². The highest BCUT2D eigenvalue weighted by molar-refractivity contribution is 4.98. The van der Waals surface area contributed by atoms with Crippen molar-refractivity contribution in [3.8, 4) is 0 Å². The van der Waals surface area contributed by atoms with Gasteiger partial charge < -0.3 is 24.1 Å². The molecule has 0 aromatic carbocycles. The Morgan fingerprint density at radius 2 is 1.93 bits per heavy atom. The van der Waals surface area contributed by atoms with Crippen molar-refractivity contribution in [1.29, 1.82) is 0 Å². The normalized spacial score (nSPS) is 54.6. The Bertz CT molecular complexity index is 248. The van der Waals surface area contributed by atoms with Gasteiger partial charge in [0.2, 0.25) is 0 Å². The van der Waals surface area contributed by atoms with Gasteiger partial charge in [-0.2, -0.15) is 0 Å². The van der Waals surface area contributed by atoms with Gasteiger partial charge in [-0.1, -0.05) is 0 Å². The lowest BCUT2D eigenvalue weighted by molar-refractivity contribution is -0.216. The summed E-state index contributed by atoms with van der Waals surface area (Å²) >= 11 is 0. The van der Waals surface area contributed by atoms with E-state index in [2.05, 4.69) is 0 Å². The topological polar surface area (TPSA) is 60.5 Å². The molecular formula is C9H14O5. The van der Waals surface area contributed by atoms with Crippen LogP contribution in [0, 0.1) is 0 Å². The van der Waals surface area contributed by atoms with Gasteiger partial charge >= 0.3 is 0 Å². The Labute approximate surface area is 81.9 Å². The first kappa shape index (κ1) is 9.06. The van der Waals surface area contributed by atoms with Gasteiger partial charge in [-0.05, 0) is 13.8 Å². The van der Waals surface area contributed by atoms with Crippen molar-refractivity contribution < 1.29 is 24.1 Å². The molecule has 3 aliphatic heterocycles. The standard InChI is InChI=1S/C9H14O5/c1-9(2)13-7-5(10)6(4-3-11-4)12-8(7)14-9/h4-8,10H,3H2,1-2H3/t4-,5?,6?,7?,8?/m1/s1. The fourth-order valence-electron chi connectivity index (χ4n) is 2.07. The van der Waals surface area contributed by atoms with Crippen LogP contribution in [0.4, 0.5) is 0 Å². The zero-order chi connectivity index (χ0) is 9.92. The number of hydrogen-bond acceptors (Lipinski definition) is 5. The average Bonchev–Trinajstić information content (AvgIpc) is 2.81. The Morgan fingerprint density at radius 1 is 1.21 bits per heavy atom. The summed E-state index contributed by atoms with van der Waals surface area (Å²) in [5.74, 6) is -0.661. The van der Waals surface area contributed by atoms with Crippen LogP contribution in [-0.4, -0.2) is 48.2 Å². The van der Waals surface area contributed by atoms with Crippen LogP contribution in [0.3, 0.4) is 0 Å². The molecule has 3 saturated heterocycles. The SMILES string of the molecule is CC1(C)OC2OC([C@H]3CO3)C(O)C2O1. The van der Waals surface area contributed by atoms with Crippen LogP contribution in [0.15, 0.2) is 0 Å². The summed E-state index contributed by atoms with van der Waals surface area (Å²) in [6.45, 7) is 4.28. The predicted octanol–water partition coefficient (Wildman–Crippen LogP) is -0.378. The maximum absolute atomic E-state index is 9.89. The second-order valence-electron chi connectivity index (χ2n) is 4.43. The number of epoxide rings is 1. The molecule has 80 valence electrons. The van der Waals surface area contributed by atoms with E-state index in [9.17, 15) is 5.11 Å². The molecule has 5 atom stereocenters. The summed E-state index contributed by atoms with van der Waals surface area (Å²) in [6, 6.07) is 0. The van der Waals surface area contributed by atoms with E-state index in [1.54, 1.807) is 0 Å². The van der Waals surface area contributed by atoms with Crippen molar-refractivity contribution in [2.75, 3.05) is 6.61 Å². The summed E-state index contributed by atoms with van der Waals surface area (Å²) in [5.41, 5.74) is 0. The van der Waals surface area contributed by atoms with Crippen LogP contribution in [0.5, 0.6) is 0 Å². The number of ether oxygens (including phenoxy) is 4. The second kappa shape index (κ2) is 2.68. The van der Waals surface area contributed by atoms with Crippen molar-refractivity contribution >= 4 is 0 Å². The molecule has 0 spiro atoms. The third-order valence-electron chi connectivity index (χ3n) is 2.78. The summed E-state index contributed by atoms with van der Waals surface area (Å²) < 4.78 is 21.7. The molecule has 5 heteroatoms. The van der Waals surface area contributed by atoms with Crippen molar-refractivity contribution in [1.82, 2.24) is 0 Å². The number of aliphatic hydroxyl groups is 1. The third-order valence-corrected chi connectivity index (χ3v) is 2.78. The molecule has 0 bridgehead atoms. The van der Waals surface area contributed by atoms with Gasteiger partial charge in [0.1, 0.15) is 24.4 Å². The lowest BCUT2D eigenvalue weighted by Crippen LogP contribution is -2.37. The average molecular weight is 202 g/mol. The fourth-order valence-corrected chi connectivity index (χ4v) is 2.07. The minimum Gasteiger partial charge on any atom is -0.387 e. The maximum Gasteiger partial charge on any atom is 0.190 e. The smallest absolute Gasteiger partial charge is 0.190 e. The van der Waals surface area contributed by atoms with Crippen LogP contribution in [-0.2, 0) is 18.9 Å². The van der Waals surface area contributed by atoms with E-state index in [1.165, 1.54) is 0 Å². The Morgan fingerprint density at radius 3 is 2.50 bits per heavy atom. The maximum atomic E-state index is 9.89. The first-order valence-electron chi connectivity index (χ1n) is 4.88. The van der Waals surface area contributed by atoms with Crippen LogP contribution >= 0.6 is 0 Å². The molecule has 0 saturated carbocycles. The van der Waals surface area contributed by atoms with Crippen LogP contribution < -0.4 is 0 Å². The molecule has 4 unspecified atom stereocenters. The van der Waals surface area contributed by atoms with Gasteiger partial charge in [-0.15, -0.1) is 0 Å². The zero-order valence-electron chi connectivity index (χ0n) is 8.17. The summed E-state index contributed by atoms with van der Waals surface area (Å²) in [4.78, 5) is 0. The second-order valence-corrected chi connectivity index (χ2v) is 4.43. The number of rotatable bonds is 1. The summed E-state index contributed by atoms with van der Waals surface area (Å²) in [6.07, 6.45) is -1.74. The molecule has 3 aliphatic rings. The molecule has 1 N–H and O–H groups in total. The van der Waals surface area contributed by atoms with Crippen molar-refractivity contribution in [3.05, 3.63) is 0 Å². The molecule has 14 heavy (non-hydrogen) atoms. The monoisotopic (exact) mass is 202 g/mol. The number of aliphatic hydroxyl groups excluding tert-OH is 1. The largest absolute Gasteiger partial charge is 0.387 e. The van der Waals surface area contributed by atoms with Gasteiger partial charge in [0, 0.05) is 0 Å². The van der Waals surface area contributed by atoms with Crippen LogP contribution in [0.2, 0.25) is 0 Å². The van der Waals surface area contributed by atoms with Gasteiger partial charge in [0.25, 0.3) is 0 Å². The lowest BCUT2D eigenvalue weighted by Gasteiger charge is -2.21. The van der Waals surface area contributed by atoms with E-state index in [-0.39, 0.29) is 18.3 Å². The van der Waals surface area contributed by atoms with Crippen molar-refractivity contribution in [3.63, 3.8) is 0 Å². The third kappa shape index (κ3) is 1.28. The molecule has 0 radical (unpaired) electrons. The first-order chi connectivity index (χ1) is 6.57. The predicted molar refractivity (Wildman–Crippen MR) is 44.4 cm³/mol. The van der Waals surface area contributed by atoms with Crippen molar-refractivity contribution in [2.45, 2.75) is 50.3 Å². The minimum absolute atomic E-state index is 0.0194. The van der Waals surface area contributed by atoms with Crippen molar-refractivity contribution in [2.24, 2.45) is 0 Å². The Hall–Kier alpha value is -0.200. The van der Waals surface area contributed by atoms with Gasteiger partial charge in [0.15, 0.2) is 12.1 Å². The molecule has 3 heterocycles. The van der Waals surface area contributed by atoms with Crippen LogP contribution in [0.1, 0.15) is 13.8 Å². The van der Waals surface area contributed by atoms with E-state index in [4.69, 9.17) is 18.9 Å². The number of fused-ring (bicyclic) bond motifs is 1. The van der Waals surface area contributed by atoms with E-state index in [1.807, 2.05) is 13.8 Å².